The van der Waals surface area contributed by atoms with Gasteiger partial charge in [-0.05, 0) is 47.9 Å². The molecule has 2 unspecified atom stereocenters. The Labute approximate surface area is 148 Å². The van der Waals surface area contributed by atoms with E-state index in [0.717, 1.165) is 22.3 Å². The molecule has 1 aliphatic carbocycles. The highest BCUT2D eigenvalue weighted by atomic mass is 16.4. The topological polar surface area (TPSA) is 54.4 Å². The lowest BCUT2D eigenvalue weighted by molar-refractivity contribution is -0.146. The molecule has 3 nitrogen and oxygen atoms in total. The van der Waals surface area contributed by atoms with Gasteiger partial charge in [0.05, 0.1) is 5.41 Å². The van der Waals surface area contributed by atoms with Gasteiger partial charge in [-0.3, -0.25) is 9.59 Å². The van der Waals surface area contributed by atoms with E-state index >= 15 is 0 Å². The Hall–Kier alpha value is -2.42. The maximum atomic E-state index is 12.1. The maximum Gasteiger partial charge on any atom is 0.311 e. The van der Waals surface area contributed by atoms with Gasteiger partial charge in [-0.1, -0.05) is 62.4 Å². The third-order valence-electron chi connectivity index (χ3n) is 6.07. The monoisotopic (exact) mass is 336 g/mol. The largest absolute Gasteiger partial charge is 0.481 e. The van der Waals surface area contributed by atoms with Gasteiger partial charge in [0.1, 0.15) is 5.78 Å². The third-order valence-corrected chi connectivity index (χ3v) is 6.07. The predicted molar refractivity (Wildman–Crippen MR) is 98.3 cm³/mol. The lowest BCUT2D eigenvalue weighted by atomic mass is 9.85. The molecular formula is C22H24O3. The summed E-state index contributed by atoms with van der Waals surface area (Å²) in [5.41, 5.74) is 2.76. The standard InChI is InChI=1S/C22H24O3/c1-14-17(11-8-12-18(14)16-9-6-5-7-10-16)13-22(20(24)25)19(15(2)23)21(22,3)4/h5-12,19H,13H2,1-4H3,(H,24,25). The molecule has 0 aromatic heterocycles. The lowest BCUT2D eigenvalue weighted by Crippen LogP contribution is -2.25. The molecule has 1 aliphatic rings. The Morgan fingerprint density at radius 3 is 2.20 bits per heavy atom. The number of benzene rings is 2. The zero-order valence-electron chi connectivity index (χ0n) is 15.2. The van der Waals surface area contributed by atoms with Gasteiger partial charge in [-0.25, -0.2) is 0 Å². The second-order valence-electron chi connectivity index (χ2n) is 7.67. The zero-order chi connectivity index (χ0) is 18.4. The van der Waals surface area contributed by atoms with Gasteiger partial charge < -0.3 is 5.11 Å². The van der Waals surface area contributed by atoms with Crippen molar-refractivity contribution in [3.63, 3.8) is 0 Å². The summed E-state index contributed by atoms with van der Waals surface area (Å²) in [6.45, 7) is 7.32. The van der Waals surface area contributed by atoms with Crippen LogP contribution in [0.1, 0.15) is 31.9 Å². The molecule has 1 saturated carbocycles. The molecule has 0 radical (unpaired) electrons. The number of rotatable bonds is 5. The van der Waals surface area contributed by atoms with Crippen LogP contribution in [-0.4, -0.2) is 16.9 Å². The third kappa shape index (κ3) is 2.50. The molecule has 0 aliphatic heterocycles. The smallest absolute Gasteiger partial charge is 0.311 e. The van der Waals surface area contributed by atoms with Gasteiger partial charge >= 0.3 is 5.97 Å². The number of carboxylic acid groups (broad SMARTS) is 1. The molecule has 0 spiro atoms. The van der Waals surface area contributed by atoms with Gasteiger partial charge in [0.2, 0.25) is 0 Å². The van der Waals surface area contributed by atoms with E-state index in [-0.39, 0.29) is 5.78 Å². The number of carbonyl (C=O) groups excluding carboxylic acids is 1. The highest BCUT2D eigenvalue weighted by Crippen LogP contribution is 2.70. The number of carbonyl (C=O) groups is 2. The molecule has 2 aromatic carbocycles. The highest BCUT2D eigenvalue weighted by molar-refractivity contribution is 5.95. The van der Waals surface area contributed by atoms with E-state index in [4.69, 9.17) is 0 Å². The number of hydrogen-bond acceptors (Lipinski definition) is 2. The predicted octanol–water partition coefficient (Wildman–Crippen LogP) is 4.52. The van der Waals surface area contributed by atoms with Crippen molar-refractivity contribution in [1.29, 1.82) is 0 Å². The van der Waals surface area contributed by atoms with Gasteiger partial charge in [-0.15, -0.1) is 0 Å². The fourth-order valence-electron chi connectivity index (χ4n) is 4.62. The molecule has 3 heteroatoms. The lowest BCUT2D eigenvalue weighted by Gasteiger charge is -2.19. The number of aliphatic carboxylic acids is 1. The first-order valence-corrected chi connectivity index (χ1v) is 8.61. The molecule has 130 valence electrons. The minimum Gasteiger partial charge on any atom is -0.481 e. The summed E-state index contributed by atoms with van der Waals surface area (Å²) in [5.74, 6) is -1.34. The van der Waals surface area contributed by atoms with Crippen molar-refractivity contribution in [3.8, 4) is 11.1 Å². The van der Waals surface area contributed by atoms with E-state index < -0.39 is 22.7 Å². The Bertz CT molecular complexity index is 836. The van der Waals surface area contributed by atoms with Gasteiger partial charge in [0.25, 0.3) is 0 Å². The van der Waals surface area contributed by atoms with Crippen molar-refractivity contribution >= 4 is 11.8 Å². The number of hydrogen-bond donors (Lipinski definition) is 1. The molecule has 25 heavy (non-hydrogen) atoms. The van der Waals surface area contributed by atoms with Crippen molar-refractivity contribution in [1.82, 2.24) is 0 Å². The molecule has 0 saturated heterocycles. The summed E-state index contributed by atoms with van der Waals surface area (Å²) >= 11 is 0. The summed E-state index contributed by atoms with van der Waals surface area (Å²) in [7, 11) is 0. The molecule has 0 heterocycles. The Balaban J connectivity index is 2.04. The quantitative estimate of drug-likeness (QED) is 0.873. The highest BCUT2D eigenvalue weighted by Gasteiger charge is 2.77. The Morgan fingerprint density at radius 1 is 1.04 bits per heavy atom. The summed E-state index contributed by atoms with van der Waals surface area (Å²) in [5, 5.41) is 9.95. The van der Waals surface area contributed by atoms with Crippen LogP contribution in [0.15, 0.2) is 48.5 Å². The Kier molecular flexibility index (Phi) is 4.06. The SMILES string of the molecule is CC(=O)C1C(C)(C)C1(Cc1cccc(-c2ccccc2)c1C)C(=O)O. The van der Waals surface area contributed by atoms with Crippen molar-refractivity contribution in [3.05, 3.63) is 59.7 Å². The van der Waals surface area contributed by atoms with Crippen LogP contribution in [0, 0.1) is 23.7 Å². The Morgan fingerprint density at radius 2 is 1.68 bits per heavy atom. The summed E-state index contributed by atoms with van der Waals surface area (Å²) in [6.07, 6.45) is 0.381. The van der Waals surface area contributed by atoms with Crippen LogP contribution in [0.5, 0.6) is 0 Å². The summed E-state index contributed by atoms with van der Waals surface area (Å²) in [4.78, 5) is 24.2. The van der Waals surface area contributed by atoms with Crippen LogP contribution in [0.2, 0.25) is 0 Å². The molecule has 0 bridgehead atoms. The van der Waals surface area contributed by atoms with Crippen LogP contribution in [0.25, 0.3) is 11.1 Å². The van der Waals surface area contributed by atoms with Gasteiger partial charge in [-0.2, -0.15) is 0 Å². The van der Waals surface area contributed by atoms with E-state index in [9.17, 15) is 14.7 Å². The van der Waals surface area contributed by atoms with Crippen molar-refractivity contribution in [2.45, 2.75) is 34.1 Å². The van der Waals surface area contributed by atoms with Crippen molar-refractivity contribution < 1.29 is 14.7 Å². The molecule has 1 N–H and O–H groups in total. The van der Waals surface area contributed by atoms with Crippen LogP contribution >= 0.6 is 0 Å². The zero-order valence-corrected chi connectivity index (χ0v) is 15.2. The molecule has 3 rings (SSSR count). The van der Waals surface area contributed by atoms with Gasteiger partial charge in [0.15, 0.2) is 0 Å². The first kappa shape index (κ1) is 17.4. The molecular weight excluding hydrogens is 312 g/mol. The number of carboxylic acids is 1. The average Bonchev–Trinajstić information content (AvgIpc) is 3.07. The summed E-state index contributed by atoms with van der Waals surface area (Å²) < 4.78 is 0. The fraction of sp³-hybridized carbons (Fsp3) is 0.364. The van der Waals surface area contributed by atoms with E-state index in [1.165, 1.54) is 6.92 Å². The van der Waals surface area contributed by atoms with Crippen molar-refractivity contribution in [2.75, 3.05) is 0 Å². The van der Waals surface area contributed by atoms with Crippen molar-refractivity contribution in [2.24, 2.45) is 16.7 Å². The van der Waals surface area contributed by atoms with E-state index in [1.54, 1.807) is 0 Å². The minimum atomic E-state index is -1.01. The molecule has 2 atom stereocenters. The van der Waals surface area contributed by atoms with Gasteiger partial charge in [0, 0.05) is 5.92 Å². The van der Waals surface area contributed by atoms with E-state index in [2.05, 4.69) is 18.2 Å². The second kappa shape index (κ2) is 5.83. The fourth-order valence-corrected chi connectivity index (χ4v) is 4.62. The first-order chi connectivity index (χ1) is 11.7. The normalized spacial score (nSPS) is 23.9. The average molecular weight is 336 g/mol. The van der Waals surface area contributed by atoms with Crippen LogP contribution in [0.4, 0.5) is 0 Å². The molecule has 1 fully saturated rings. The summed E-state index contributed by atoms with van der Waals surface area (Å²) in [6, 6.07) is 16.1. The second-order valence-corrected chi connectivity index (χ2v) is 7.67. The van der Waals surface area contributed by atoms with Crippen LogP contribution in [0.3, 0.4) is 0 Å². The van der Waals surface area contributed by atoms with E-state index in [0.29, 0.717) is 6.42 Å². The number of Topliss-reactive ketones (excluding diaryl/α,β-unsaturated/α-hetero) is 1. The van der Waals surface area contributed by atoms with E-state index in [1.807, 2.05) is 51.1 Å². The first-order valence-electron chi connectivity index (χ1n) is 8.61. The molecule has 0 amide bonds. The maximum absolute atomic E-state index is 12.1. The minimum absolute atomic E-state index is 0.0377. The molecule has 2 aromatic rings. The van der Waals surface area contributed by atoms with Crippen LogP contribution in [-0.2, 0) is 16.0 Å². The van der Waals surface area contributed by atoms with Crippen LogP contribution < -0.4 is 0 Å². The number of ketones is 1.